The zero-order chi connectivity index (χ0) is 31.2. The summed E-state index contributed by atoms with van der Waals surface area (Å²) < 4.78 is 82.7. The van der Waals surface area contributed by atoms with Crippen LogP contribution in [0.1, 0.15) is 38.3 Å². The molecule has 0 fully saturated rings. The van der Waals surface area contributed by atoms with E-state index < -0.39 is 62.7 Å². The minimum atomic E-state index is -4.91. The first kappa shape index (κ1) is 32.9. The average Bonchev–Trinajstić information content (AvgIpc) is 2.95. The van der Waals surface area contributed by atoms with Crippen LogP contribution in [-0.4, -0.2) is 43.8 Å². The lowest BCUT2D eigenvalue weighted by atomic mass is 10.1. The zero-order valence-electron chi connectivity index (χ0n) is 23.0. The Morgan fingerprint density at radius 3 is 2.17 bits per heavy atom. The van der Waals surface area contributed by atoms with E-state index in [0.29, 0.717) is 22.4 Å². The molecule has 0 radical (unpaired) electrons. The van der Waals surface area contributed by atoms with Gasteiger partial charge in [-0.1, -0.05) is 48.9 Å². The number of benzene rings is 3. The number of nitrogens with zero attached hydrogens (tertiary/aromatic N) is 2. The Hall–Kier alpha value is -3.64. The molecule has 3 rings (SSSR count). The van der Waals surface area contributed by atoms with E-state index in [9.17, 15) is 35.6 Å². The zero-order valence-corrected chi connectivity index (χ0v) is 24.6. The van der Waals surface area contributed by atoms with Gasteiger partial charge in [0, 0.05) is 12.6 Å². The number of carbonyl (C=O) groups excluding carboxylic acids is 2. The lowest BCUT2D eigenvalue weighted by Gasteiger charge is -2.32. The van der Waals surface area contributed by atoms with Crippen molar-refractivity contribution >= 4 is 39.1 Å². The number of anilines is 1. The van der Waals surface area contributed by atoms with Gasteiger partial charge >= 0.3 is 6.18 Å². The SMILES string of the molecule is CC[C@@H](C)NC(=O)[C@@H](C)N(Cc1ccc(F)cc1)C(=O)CN(c1ccc(Cl)c(C(F)(F)F)c1)S(=O)(=O)c1ccccc1. The van der Waals surface area contributed by atoms with E-state index in [1.165, 1.54) is 55.5 Å². The fourth-order valence-electron chi connectivity index (χ4n) is 3.97. The van der Waals surface area contributed by atoms with Gasteiger partial charge in [0.1, 0.15) is 18.4 Å². The molecule has 13 heteroatoms. The van der Waals surface area contributed by atoms with E-state index in [0.717, 1.165) is 17.0 Å². The highest BCUT2D eigenvalue weighted by Crippen LogP contribution is 2.38. The first-order valence-corrected chi connectivity index (χ1v) is 14.8. The molecule has 0 spiro atoms. The number of carbonyl (C=O) groups is 2. The van der Waals surface area contributed by atoms with Gasteiger partial charge in [-0.3, -0.25) is 13.9 Å². The highest BCUT2D eigenvalue weighted by Gasteiger charge is 2.37. The normalized spacial score (nSPS) is 13.2. The van der Waals surface area contributed by atoms with Gasteiger partial charge < -0.3 is 10.2 Å². The maximum absolute atomic E-state index is 13.8. The second-order valence-corrected chi connectivity index (χ2v) is 11.9. The van der Waals surface area contributed by atoms with Crippen molar-refractivity contribution in [2.24, 2.45) is 0 Å². The molecule has 0 aliphatic heterocycles. The Balaban J connectivity index is 2.10. The monoisotopic (exact) mass is 627 g/mol. The maximum Gasteiger partial charge on any atom is 0.417 e. The van der Waals surface area contributed by atoms with Crippen molar-refractivity contribution in [1.82, 2.24) is 10.2 Å². The Labute approximate surface area is 247 Å². The Morgan fingerprint density at radius 1 is 0.976 bits per heavy atom. The molecule has 1 N–H and O–H groups in total. The summed E-state index contributed by atoms with van der Waals surface area (Å²) in [6.07, 6.45) is -4.30. The number of halogens is 5. The average molecular weight is 628 g/mol. The maximum atomic E-state index is 13.8. The molecule has 0 aliphatic rings. The van der Waals surface area contributed by atoms with E-state index in [4.69, 9.17) is 11.6 Å². The summed E-state index contributed by atoms with van der Waals surface area (Å²) in [6, 6.07) is 13.2. The fourth-order valence-corrected chi connectivity index (χ4v) is 5.62. The van der Waals surface area contributed by atoms with Gasteiger partial charge in [-0.2, -0.15) is 13.2 Å². The number of alkyl halides is 3. The molecule has 0 aromatic heterocycles. The number of sulfonamides is 1. The van der Waals surface area contributed by atoms with Gasteiger partial charge in [-0.15, -0.1) is 0 Å². The lowest BCUT2D eigenvalue weighted by molar-refractivity contribution is -0.139. The smallest absolute Gasteiger partial charge is 0.352 e. The van der Waals surface area contributed by atoms with Crippen LogP contribution in [0.15, 0.2) is 77.7 Å². The van der Waals surface area contributed by atoms with Crippen LogP contribution < -0.4 is 9.62 Å². The summed E-state index contributed by atoms with van der Waals surface area (Å²) in [5.74, 6) is -1.93. The summed E-state index contributed by atoms with van der Waals surface area (Å²) in [4.78, 5) is 27.7. The predicted octanol–water partition coefficient (Wildman–Crippen LogP) is 6.03. The molecule has 0 bridgehead atoms. The third kappa shape index (κ3) is 8.01. The molecule has 7 nitrogen and oxygen atoms in total. The molecule has 0 aliphatic carbocycles. The van der Waals surface area contributed by atoms with E-state index >= 15 is 0 Å². The molecule has 2 atom stereocenters. The quantitative estimate of drug-likeness (QED) is 0.263. The molecule has 0 saturated carbocycles. The van der Waals surface area contributed by atoms with Crippen LogP contribution in [0.25, 0.3) is 0 Å². The highest BCUT2D eigenvalue weighted by molar-refractivity contribution is 7.92. The second kappa shape index (κ2) is 13.6. The predicted molar refractivity (Wildman–Crippen MR) is 152 cm³/mol. The largest absolute Gasteiger partial charge is 0.417 e. The number of hydrogen-bond acceptors (Lipinski definition) is 4. The van der Waals surface area contributed by atoms with Crippen LogP contribution >= 0.6 is 11.6 Å². The van der Waals surface area contributed by atoms with Crippen molar-refractivity contribution < 1.29 is 35.6 Å². The molecule has 3 aromatic rings. The standard InChI is InChI=1S/C29H30ClF4N3O4S/c1-4-19(2)35-28(39)20(3)36(17-21-10-12-22(31)13-11-21)27(38)18-37(42(40,41)24-8-6-5-7-9-24)23-14-15-26(30)25(16-23)29(32,33)34/h5-16,19-20H,4,17-18H2,1-3H3,(H,35,39)/t19-,20-/m1/s1. The molecule has 0 unspecified atom stereocenters. The van der Waals surface area contributed by atoms with Crippen molar-refractivity contribution in [3.63, 3.8) is 0 Å². The first-order chi connectivity index (χ1) is 19.6. The van der Waals surface area contributed by atoms with E-state index in [-0.39, 0.29) is 17.5 Å². The highest BCUT2D eigenvalue weighted by atomic mass is 35.5. The van der Waals surface area contributed by atoms with Crippen LogP contribution in [0, 0.1) is 5.82 Å². The van der Waals surface area contributed by atoms with Crippen LogP contribution in [-0.2, 0) is 32.3 Å². The fraction of sp³-hybridized carbons (Fsp3) is 0.310. The summed E-state index contributed by atoms with van der Waals surface area (Å²) in [5, 5.41) is 2.12. The Morgan fingerprint density at radius 2 is 1.60 bits per heavy atom. The van der Waals surface area contributed by atoms with Crippen molar-refractivity contribution in [3.05, 3.63) is 94.8 Å². The van der Waals surface area contributed by atoms with Gasteiger partial charge in [0.2, 0.25) is 11.8 Å². The second-order valence-electron chi connectivity index (χ2n) is 9.63. The van der Waals surface area contributed by atoms with Crippen molar-refractivity contribution in [2.45, 2.75) is 56.9 Å². The van der Waals surface area contributed by atoms with Gasteiger partial charge in [0.05, 0.1) is 21.2 Å². The summed E-state index contributed by atoms with van der Waals surface area (Å²) in [6.45, 7) is 3.91. The van der Waals surface area contributed by atoms with Gasteiger partial charge in [-0.25, -0.2) is 12.8 Å². The number of nitrogens with one attached hydrogen (secondary N) is 1. The van der Waals surface area contributed by atoms with Gasteiger partial charge in [0.15, 0.2) is 0 Å². The number of hydrogen-bond donors (Lipinski definition) is 1. The lowest BCUT2D eigenvalue weighted by Crippen LogP contribution is -2.52. The van der Waals surface area contributed by atoms with Crippen LogP contribution in [0.4, 0.5) is 23.2 Å². The summed E-state index contributed by atoms with van der Waals surface area (Å²) in [5.41, 5.74) is -1.30. The first-order valence-electron chi connectivity index (χ1n) is 12.9. The topological polar surface area (TPSA) is 86.8 Å². The number of amides is 2. The Kier molecular flexibility index (Phi) is 10.6. The third-order valence-corrected chi connectivity index (χ3v) is 8.71. The summed E-state index contributed by atoms with van der Waals surface area (Å²) in [7, 11) is -4.58. The van der Waals surface area contributed by atoms with Crippen LogP contribution in [0.5, 0.6) is 0 Å². The van der Waals surface area contributed by atoms with E-state index in [1.54, 1.807) is 13.0 Å². The number of rotatable bonds is 11. The van der Waals surface area contributed by atoms with Crippen molar-refractivity contribution in [3.8, 4) is 0 Å². The van der Waals surface area contributed by atoms with Crippen molar-refractivity contribution in [1.29, 1.82) is 0 Å². The molecular formula is C29H30ClF4N3O4S. The van der Waals surface area contributed by atoms with Crippen LogP contribution in [0.3, 0.4) is 0 Å². The minimum absolute atomic E-state index is 0.206. The minimum Gasteiger partial charge on any atom is -0.352 e. The molecule has 0 heterocycles. The van der Waals surface area contributed by atoms with Gasteiger partial charge in [0.25, 0.3) is 10.0 Å². The molecule has 226 valence electrons. The molecule has 2 amide bonds. The molecular weight excluding hydrogens is 598 g/mol. The molecule has 42 heavy (non-hydrogen) atoms. The third-order valence-electron chi connectivity index (χ3n) is 6.59. The van der Waals surface area contributed by atoms with Crippen molar-refractivity contribution in [2.75, 3.05) is 10.8 Å². The van der Waals surface area contributed by atoms with Crippen LogP contribution in [0.2, 0.25) is 5.02 Å². The van der Waals surface area contributed by atoms with Gasteiger partial charge in [-0.05, 0) is 68.3 Å². The molecule has 3 aromatic carbocycles. The Bertz CT molecular complexity index is 1500. The van der Waals surface area contributed by atoms with E-state index in [1.807, 2.05) is 6.92 Å². The molecule has 0 saturated heterocycles. The van der Waals surface area contributed by atoms with E-state index in [2.05, 4.69) is 5.32 Å². The summed E-state index contributed by atoms with van der Waals surface area (Å²) >= 11 is 5.77.